The first kappa shape index (κ1) is 26.6. The van der Waals surface area contributed by atoms with E-state index in [0.717, 1.165) is 21.2 Å². The summed E-state index contributed by atoms with van der Waals surface area (Å²) >= 11 is 3.50. The zero-order valence-electron chi connectivity index (χ0n) is 21.1. The van der Waals surface area contributed by atoms with E-state index in [2.05, 4.69) is 15.9 Å². The van der Waals surface area contributed by atoms with Gasteiger partial charge >= 0.3 is 12.1 Å². The van der Waals surface area contributed by atoms with Crippen molar-refractivity contribution in [2.24, 2.45) is 0 Å². The van der Waals surface area contributed by atoms with Crippen molar-refractivity contribution in [2.75, 3.05) is 6.61 Å². The first-order valence-corrected chi connectivity index (χ1v) is 13.0. The van der Waals surface area contributed by atoms with E-state index in [0.29, 0.717) is 18.4 Å². The molecule has 0 radical (unpaired) electrons. The lowest BCUT2D eigenvalue weighted by molar-refractivity contribution is -0.130. The number of ether oxygens (including phenoxy) is 2. The normalized spacial score (nSPS) is 16.3. The van der Waals surface area contributed by atoms with Gasteiger partial charge in [-0.3, -0.25) is 4.79 Å². The van der Waals surface area contributed by atoms with Crippen molar-refractivity contribution in [3.63, 3.8) is 0 Å². The van der Waals surface area contributed by atoms with Crippen molar-refractivity contribution >= 4 is 33.9 Å². The predicted octanol–water partition coefficient (Wildman–Crippen LogP) is 6.32. The number of rotatable bonds is 7. The number of hydrogen-bond donors (Lipinski definition) is 0. The third kappa shape index (κ3) is 6.86. The van der Waals surface area contributed by atoms with Gasteiger partial charge in [0.1, 0.15) is 12.2 Å². The molecule has 6 nitrogen and oxygen atoms in total. The van der Waals surface area contributed by atoms with Crippen molar-refractivity contribution in [2.45, 2.75) is 51.2 Å². The fourth-order valence-corrected chi connectivity index (χ4v) is 4.77. The second-order valence-corrected chi connectivity index (χ2v) is 11.1. The van der Waals surface area contributed by atoms with Crippen molar-refractivity contribution in [3.8, 4) is 0 Å². The zero-order chi connectivity index (χ0) is 26.6. The van der Waals surface area contributed by atoms with E-state index in [1.807, 2.05) is 87.5 Å². The van der Waals surface area contributed by atoms with Gasteiger partial charge < -0.3 is 9.47 Å². The summed E-state index contributed by atoms with van der Waals surface area (Å²) < 4.78 is 11.6. The Morgan fingerprint density at radius 2 is 1.70 bits per heavy atom. The fourth-order valence-electron chi connectivity index (χ4n) is 4.36. The van der Waals surface area contributed by atoms with Gasteiger partial charge in [-0.05, 0) is 74.6 Å². The number of carbonyl (C=O) groups is 3. The molecular weight excluding hydrogens is 534 g/mol. The molecule has 2 atom stereocenters. The molecule has 37 heavy (non-hydrogen) atoms. The number of carbonyl (C=O) groups excluding carboxylic acids is 3. The molecule has 192 valence electrons. The Morgan fingerprint density at radius 1 is 1.00 bits per heavy atom. The van der Waals surface area contributed by atoms with E-state index in [-0.39, 0.29) is 18.6 Å². The predicted molar refractivity (Wildman–Crippen MR) is 144 cm³/mol. The van der Waals surface area contributed by atoms with E-state index >= 15 is 0 Å². The molecule has 1 saturated heterocycles. The molecule has 0 aromatic heterocycles. The van der Waals surface area contributed by atoms with Gasteiger partial charge in [-0.25, -0.2) is 14.5 Å². The van der Waals surface area contributed by atoms with Crippen LogP contribution in [-0.2, 0) is 27.1 Å². The molecule has 4 rings (SSSR count). The van der Waals surface area contributed by atoms with Gasteiger partial charge in [0.15, 0.2) is 0 Å². The van der Waals surface area contributed by atoms with Crippen LogP contribution in [0.15, 0.2) is 83.3 Å². The number of imide groups is 1. The Kier molecular flexibility index (Phi) is 8.13. The Bertz CT molecular complexity index is 1270. The standard InChI is InChI=1S/C30H30BrNO5/c1-30(2,3)37-28(34)22-14-12-21(13-15-22)17-26(23-10-7-11-24(31)18-23)27(33)32-25(19-36-29(32)35)16-20-8-5-4-6-9-20/h4-15,18,25-26H,16-17,19H2,1-3H3/t25?,26-/m1/s1. The number of halogens is 1. The first-order valence-electron chi connectivity index (χ1n) is 12.2. The van der Waals surface area contributed by atoms with Crippen LogP contribution < -0.4 is 0 Å². The van der Waals surface area contributed by atoms with Gasteiger partial charge in [-0.2, -0.15) is 0 Å². The van der Waals surface area contributed by atoms with Crippen LogP contribution in [0.25, 0.3) is 0 Å². The van der Waals surface area contributed by atoms with Crippen LogP contribution in [0.3, 0.4) is 0 Å². The topological polar surface area (TPSA) is 72.9 Å². The highest BCUT2D eigenvalue weighted by atomic mass is 79.9. The third-order valence-corrected chi connectivity index (χ3v) is 6.58. The Balaban J connectivity index is 1.60. The van der Waals surface area contributed by atoms with E-state index in [9.17, 15) is 14.4 Å². The Labute approximate surface area is 225 Å². The lowest BCUT2D eigenvalue weighted by Gasteiger charge is -2.26. The minimum Gasteiger partial charge on any atom is -0.456 e. The molecule has 1 aliphatic heterocycles. The first-order chi connectivity index (χ1) is 17.6. The number of benzene rings is 3. The summed E-state index contributed by atoms with van der Waals surface area (Å²) in [6.45, 7) is 5.63. The van der Waals surface area contributed by atoms with Crippen molar-refractivity contribution in [1.82, 2.24) is 4.90 Å². The SMILES string of the molecule is CC(C)(C)OC(=O)c1ccc(C[C@@H](C(=O)N2C(=O)OCC2Cc2ccccc2)c2cccc(Br)c2)cc1. The molecule has 2 amide bonds. The van der Waals surface area contributed by atoms with Crippen molar-refractivity contribution in [1.29, 1.82) is 0 Å². The molecule has 7 heteroatoms. The van der Waals surface area contributed by atoms with Gasteiger partial charge in [-0.1, -0.05) is 70.5 Å². The lowest BCUT2D eigenvalue weighted by Crippen LogP contribution is -2.43. The summed E-state index contributed by atoms with van der Waals surface area (Å²) in [6.07, 6.45) is 0.256. The second-order valence-electron chi connectivity index (χ2n) is 10.1. The monoisotopic (exact) mass is 563 g/mol. The molecule has 0 aliphatic carbocycles. The summed E-state index contributed by atoms with van der Waals surface area (Å²) in [5, 5.41) is 0. The molecule has 0 saturated carbocycles. The van der Waals surface area contributed by atoms with Crippen LogP contribution in [0.5, 0.6) is 0 Å². The average Bonchev–Trinajstić information content (AvgIpc) is 3.21. The molecule has 1 fully saturated rings. The van der Waals surface area contributed by atoms with Gasteiger partial charge in [0.2, 0.25) is 5.91 Å². The molecule has 3 aromatic rings. The third-order valence-electron chi connectivity index (χ3n) is 6.09. The highest BCUT2D eigenvalue weighted by Gasteiger charge is 2.41. The molecule has 0 N–H and O–H groups in total. The molecule has 1 unspecified atom stereocenters. The summed E-state index contributed by atoms with van der Waals surface area (Å²) in [6, 6.07) is 24.0. The second kappa shape index (κ2) is 11.3. The van der Waals surface area contributed by atoms with Crippen LogP contribution >= 0.6 is 15.9 Å². The van der Waals surface area contributed by atoms with E-state index in [1.165, 1.54) is 4.90 Å². The Morgan fingerprint density at radius 3 is 2.35 bits per heavy atom. The number of cyclic esters (lactones) is 1. The quantitative estimate of drug-likeness (QED) is 0.314. The summed E-state index contributed by atoms with van der Waals surface area (Å²) in [5.41, 5.74) is 2.52. The van der Waals surface area contributed by atoms with Crippen LogP contribution in [0.1, 0.15) is 53.7 Å². The minimum atomic E-state index is -0.619. The fraction of sp³-hybridized carbons (Fsp3) is 0.300. The highest BCUT2D eigenvalue weighted by molar-refractivity contribution is 9.10. The molecule has 1 aliphatic rings. The maximum atomic E-state index is 13.9. The number of esters is 1. The molecule has 3 aromatic carbocycles. The van der Waals surface area contributed by atoms with Gasteiger partial charge in [0, 0.05) is 4.47 Å². The summed E-state index contributed by atoms with van der Waals surface area (Å²) in [7, 11) is 0. The van der Waals surface area contributed by atoms with Gasteiger partial charge in [0.05, 0.1) is 17.5 Å². The van der Waals surface area contributed by atoms with Crippen LogP contribution in [0.4, 0.5) is 4.79 Å². The van der Waals surface area contributed by atoms with Crippen molar-refractivity contribution in [3.05, 3.63) is 106 Å². The highest BCUT2D eigenvalue weighted by Crippen LogP contribution is 2.30. The van der Waals surface area contributed by atoms with Crippen molar-refractivity contribution < 1.29 is 23.9 Å². The van der Waals surface area contributed by atoms with E-state index in [4.69, 9.17) is 9.47 Å². The Hall–Kier alpha value is -3.45. The van der Waals surface area contributed by atoms with E-state index < -0.39 is 23.6 Å². The number of hydrogen-bond acceptors (Lipinski definition) is 5. The number of nitrogens with zero attached hydrogens (tertiary/aromatic N) is 1. The maximum absolute atomic E-state index is 13.9. The minimum absolute atomic E-state index is 0.162. The molecule has 1 heterocycles. The van der Waals surface area contributed by atoms with Crippen LogP contribution in [0, 0.1) is 0 Å². The zero-order valence-corrected chi connectivity index (χ0v) is 22.7. The van der Waals surface area contributed by atoms with Crippen LogP contribution in [0.2, 0.25) is 0 Å². The molecule has 0 bridgehead atoms. The summed E-state index contributed by atoms with van der Waals surface area (Å²) in [4.78, 5) is 40.4. The van der Waals surface area contributed by atoms with Gasteiger partial charge in [-0.15, -0.1) is 0 Å². The molecule has 0 spiro atoms. The maximum Gasteiger partial charge on any atom is 0.417 e. The number of amides is 2. The lowest BCUT2D eigenvalue weighted by atomic mass is 9.89. The molecular formula is C30H30BrNO5. The average molecular weight is 564 g/mol. The van der Waals surface area contributed by atoms with Crippen LogP contribution in [-0.4, -0.2) is 41.1 Å². The summed E-state index contributed by atoms with van der Waals surface area (Å²) in [5.74, 6) is -1.33. The van der Waals surface area contributed by atoms with Gasteiger partial charge in [0.25, 0.3) is 0 Å². The smallest absolute Gasteiger partial charge is 0.417 e. The van der Waals surface area contributed by atoms with E-state index in [1.54, 1.807) is 12.1 Å². The largest absolute Gasteiger partial charge is 0.456 e.